The smallest absolute Gasteiger partial charge is 0.337 e. The van der Waals surface area contributed by atoms with Gasteiger partial charge in [0.2, 0.25) is 0 Å². The molecule has 1 aromatic carbocycles. The summed E-state index contributed by atoms with van der Waals surface area (Å²) in [7, 11) is 1.86. The largest absolute Gasteiger partial charge is 0.478 e. The SMILES string of the molecule is CSc1ccc2c(C(=O)O)cn(C)c2c1. The van der Waals surface area contributed by atoms with Gasteiger partial charge in [0, 0.05) is 29.0 Å². The molecule has 0 unspecified atom stereocenters. The minimum absolute atomic E-state index is 0.361. The fourth-order valence-corrected chi connectivity index (χ4v) is 2.09. The van der Waals surface area contributed by atoms with Crippen molar-refractivity contribution in [3.63, 3.8) is 0 Å². The number of hydrogen-bond donors (Lipinski definition) is 1. The molecule has 0 aliphatic rings. The number of rotatable bonds is 2. The maximum absolute atomic E-state index is 11.0. The normalized spacial score (nSPS) is 10.8. The highest BCUT2D eigenvalue weighted by Gasteiger charge is 2.12. The number of nitrogens with zero attached hydrogens (tertiary/aromatic N) is 1. The summed E-state index contributed by atoms with van der Waals surface area (Å²) in [6.07, 6.45) is 3.65. The second-order valence-corrected chi connectivity index (χ2v) is 4.22. The molecule has 0 amide bonds. The molecule has 78 valence electrons. The highest BCUT2D eigenvalue weighted by Crippen LogP contribution is 2.25. The monoisotopic (exact) mass is 221 g/mol. The van der Waals surface area contributed by atoms with E-state index >= 15 is 0 Å². The van der Waals surface area contributed by atoms with Crippen LogP contribution < -0.4 is 0 Å². The predicted molar refractivity (Wildman–Crippen MR) is 61.7 cm³/mol. The maximum Gasteiger partial charge on any atom is 0.337 e. The first-order chi connectivity index (χ1) is 7.13. The van der Waals surface area contributed by atoms with Crippen molar-refractivity contribution in [1.82, 2.24) is 4.57 Å². The van der Waals surface area contributed by atoms with E-state index in [1.807, 2.05) is 36.1 Å². The Labute approximate surface area is 91.7 Å². The fourth-order valence-electron chi connectivity index (χ4n) is 1.66. The number of hydrogen-bond acceptors (Lipinski definition) is 2. The van der Waals surface area contributed by atoms with Gasteiger partial charge in [-0.2, -0.15) is 0 Å². The zero-order chi connectivity index (χ0) is 11.0. The van der Waals surface area contributed by atoms with Crippen LogP contribution in [0.5, 0.6) is 0 Å². The average molecular weight is 221 g/mol. The summed E-state index contributed by atoms with van der Waals surface area (Å²) >= 11 is 1.65. The quantitative estimate of drug-likeness (QED) is 0.792. The van der Waals surface area contributed by atoms with Crippen LogP contribution in [0.1, 0.15) is 10.4 Å². The highest BCUT2D eigenvalue weighted by atomic mass is 32.2. The summed E-state index contributed by atoms with van der Waals surface area (Å²) in [5, 5.41) is 9.80. The molecule has 0 saturated heterocycles. The minimum atomic E-state index is -0.877. The second-order valence-electron chi connectivity index (χ2n) is 3.34. The first-order valence-electron chi connectivity index (χ1n) is 4.50. The average Bonchev–Trinajstić information content (AvgIpc) is 2.56. The van der Waals surface area contributed by atoms with E-state index in [4.69, 9.17) is 5.11 Å². The maximum atomic E-state index is 11.0. The molecule has 0 spiro atoms. The van der Waals surface area contributed by atoms with E-state index in [2.05, 4.69) is 0 Å². The van der Waals surface area contributed by atoms with Crippen LogP contribution in [-0.4, -0.2) is 21.9 Å². The van der Waals surface area contributed by atoms with E-state index in [-0.39, 0.29) is 0 Å². The van der Waals surface area contributed by atoms with Crippen molar-refractivity contribution in [2.24, 2.45) is 7.05 Å². The van der Waals surface area contributed by atoms with Crippen molar-refractivity contribution in [1.29, 1.82) is 0 Å². The molecule has 0 aliphatic carbocycles. The standard InChI is InChI=1S/C11H11NO2S/c1-12-6-9(11(13)14)8-4-3-7(15-2)5-10(8)12/h3-6H,1-2H3,(H,13,14). The van der Waals surface area contributed by atoms with Gasteiger partial charge in [-0.15, -0.1) is 11.8 Å². The molecule has 0 saturated carbocycles. The lowest BCUT2D eigenvalue weighted by Gasteiger charge is -1.99. The van der Waals surface area contributed by atoms with Crippen LogP contribution in [0.3, 0.4) is 0 Å². The van der Waals surface area contributed by atoms with E-state index in [9.17, 15) is 4.79 Å². The summed E-state index contributed by atoms with van der Waals surface area (Å²) in [4.78, 5) is 12.1. The second kappa shape index (κ2) is 3.62. The fraction of sp³-hybridized carbons (Fsp3) is 0.182. The number of carbonyl (C=O) groups is 1. The molecule has 0 bridgehead atoms. The summed E-state index contributed by atoms with van der Waals surface area (Å²) < 4.78 is 1.85. The van der Waals surface area contributed by atoms with Crippen LogP contribution in [0.25, 0.3) is 10.9 Å². The van der Waals surface area contributed by atoms with E-state index in [0.717, 1.165) is 15.8 Å². The minimum Gasteiger partial charge on any atom is -0.478 e. The molecule has 1 N–H and O–H groups in total. The van der Waals surface area contributed by atoms with Crippen molar-refractivity contribution in [2.45, 2.75) is 4.90 Å². The Morgan fingerprint density at radius 3 is 2.80 bits per heavy atom. The number of carboxylic acid groups (broad SMARTS) is 1. The predicted octanol–water partition coefficient (Wildman–Crippen LogP) is 2.60. The van der Waals surface area contributed by atoms with Gasteiger partial charge >= 0.3 is 5.97 Å². The summed E-state index contributed by atoms with van der Waals surface area (Å²) in [6.45, 7) is 0. The van der Waals surface area contributed by atoms with Gasteiger partial charge in [0.15, 0.2) is 0 Å². The van der Waals surface area contributed by atoms with Crippen molar-refractivity contribution >= 4 is 28.6 Å². The number of benzene rings is 1. The van der Waals surface area contributed by atoms with Crippen LogP contribution in [0.2, 0.25) is 0 Å². The van der Waals surface area contributed by atoms with Gasteiger partial charge in [0.25, 0.3) is 0 Å². The molecule has 0 aliphatic heterocycles. The van der Waals surface area contributed by atoms with Gasteiger partial charge in [-0.25, -0.2) is 4.79 Å². The summed E-state index contributed by atoms with van der Waals surface area (Å²) in [5.41, 5.74) is 1.32. The molecule has 3 nitrogen and oxygen atoms in total. The summed E-state index contributed by atoms with van der Waals surface area (Å²) in [5.74, 6) is -0.877. The Hall–Kier alpha value is -1.42. The van der Waals surface area contributed by atoms with Crippen molar-refractivity contribution in [3.8, 4) is 0 Å². The molecular weight excluding hydrogens is 210 g/mol. The third-order valence-electron chi connectivity index (χ3n) is 2.43. The molecule has 4 heteroatoms. The third-order valence-corrected chi connectivity index (χ3v) is 3.15. The Morgan fingerprint density at radius 1 is 1.47 bits per heavy atom. The first kappa shape index (κ1) is 10.1. The zero-order valence-corrected chi connectivity index (χ0v) is 9.34. The van der Waals surface area contributed by atoms with E-state index in [1.54, 1.807) is 18.0 Å². The van der Waals surface area contributed by atoms with Crippen molar-refractivity contribution in [3.05, 3.63) is 30.0 Å². The summed E-state index contributed by atoms with van der Waals surface area (Å²) in [6, 6.07) is 5.82. The molecule has 1 aromatic heterocycles. The molecule has 0 fully saturated rings. The van der Waals surface area contributed by atoms with Crippen LogP contribution >= 0.6 is 11.8 Å². The molecule has 2 rings (SSSR count). The molecule has 0 radical (unpaired) electrons. The lowest BCUT2D eigenvalue weighted by molar-refractivity contribution is 0.0699. The van der Waals surface area contributed by atoms with E-state index in [0.29, 0.717) is 5.56 Å². The molecule has 15 heavy (non-hydrogen) atoms. The Morgan fingerprint density at radius 2 is 2.20 bits per heavy atom. The number of aryl methyl sites for hydroxylation is 1. The topological polar surface area (TPSA) is 42.2 Å². The number of aromatic nitrogens is 1. The lowest BCUT2D eigenvalue weighted by Crippen LogP contribution is -1.93. The Balaban J connectivity index is 2.75. The number of thioether (sulfide) groups is 1. The first-order valence-corrected chi connectivity index (χ1v) is 5.72. The van der Waals surface area contributed by atoms with Gasteiger partial charge in [0.05, 0.1) is 5.56 Å². The van der Waals surface area contributed by atoms with Crippen LogP contribution in [0.15, 0.2) is 29.3 Å². The van der Waals surface area contributed by atoms with E-state index < -0.39 is 5.97 Å². The number of fused-ring (bicyclic) bond motifs is 1. The highest BCUT2D eigenvalue weighted by molar-refractivity contribution is 7.98. The molecule has 0 atom stereocenters. The van der Waals surface area contributed by atoms with Gasteiger partial charge in [0.1, 0.15) is 0 Å². The van der Waals surface area contributed by atoms with Gasteiger partial charge in [-0.3, -0.25) is 0 Å². The van der Waals surface area contributed by atoms with Gasteiger partial charge in [-0.1, -0.05) is 6.07 Å². The van der Waals surface area contributed by atoms with Crippen LogP contribution in [0.4, 0.5) is 0 Å². The number of carboxylic acids is 1. The number of aromatic carboxylic acids is 1. The Bertz CT molecular complexity index is 531. The third kappa shape index (κ3) is 1.61. The van der Waals surface area contributed by atoms with Crippen molar-refractivity contribution in [2.75, 3.05) is 6.26 Å². The molecule has 2 aromatic rings. The molecule has 1 heterocycles. The van der Waals surface area contributed by atoms with Gasteiger partial charge < -0.3 is 9.67 Å². The van der Waals surface area contributed by atoms with Gasteiger partial charge in [-0.05, 0) is 18.4 Å². The van der Waals surface area contributed by atoms with Crippen molar-refractivity contribution < 1.29 is 9.90 Å². The van der Waals surface area contributed by atoms with Crippen LogP contribution in [0, 0.1) is 0 Å². The lowest BCUT2D eigenvalue weighted by atomic mass is 10.2. The van der Waals surface area contributed by atoms with Crippen LogP contribution in [-0.2, 0) is 7.05 Å². The zero-order valence-electron chi connectivity index (χ0n) is 8.52. The van der Waals surface area contributed by atoms with E-state index in [1.165, 1.54) is 0 Å². The Kier molecular flexibility index (Phi) is 2.44. The molecular formula is C11H11NO2S.